The SMILES string of the molecule is CCOc1ccc(NC(=O)CSc2nnc3c(=O)n(-c4cccc(F)c4)ccn23)cc1. The van der Waals surface area contributed by atoms with Gasteiger partial charge >= 0.3 is 5.56 Å². The third kappa shape index (κ3) is 4.58. The van der Waals surface area contributed by atoms with Crippen LogP contribution in [0.3, 0.4) is 0 Å². The minimum atomic E-state index is -0.444. The zero-order chi connectivity index (χ0) is 21.8. The minimum Gasteiger partial charge on any atom is -0.494 e. The predicted octanol–water partition coefficient (Wildman–Crippen LogP) is 3.15. The first kappa shape index (κ1) is 20.6. The summed E-state index contributed by atoms with van der Waals surface area (Å²) in [6.07, 6.45) is 3.12. The first-order valence-electron chi connectivity index (χ1n) is 9.43. The third-order valence-electron chi connectivity index (χ3n) is 4.31. The summed E-state index contributed by atoms with van der Waals surface area (Å²) < 4.78 is 21.7. The number of anilines is 1. The molecular weight excluding hydrogens is 421 g/mol. The summed E-state index contributed by atoms with van der Waals surface area (Å²) in [6.45, 7) is 2.47. The number of nitrogens with one attached hydrogen (secondary N) is 1. The number of halogens is 1. The van der Waals surface area contributed by atoms with E-state index >= 15 is 0 Å². The Kier molecular flexibility index (Phi) is 5.99. The van der Waals surface area contributed by atoms with E-state index in [2.05, 4.69) is 15.5 Å². The average Bonchev–Trinajstić information content (AvgIpc) is 3.18. The summed E-state index contributed by atoms with van der Waals surface area (Å²) in [5.41, 5.74) is 0.685. The zero-order valence-electron chi connectivity index (χ0n) is 16.5. The minimum absolute atomic E-state index is 0.0843. The van der Waals surface area contributed by atoms with E-state index in [1.165, 1.54) is 33.4 Å². The Morgan fingerprint density at radius 3 is 2.71 bits per heavy atom. The fraction of sp³-hybridized carbons (Fsp3) is 0.143. The van der Waals surface area contributed by atoms with Crippen LogP contribution in [0.2, 0.25) is 0 Å². The summed E-state index contributed by atoms with van der Waals surface area (Å²) >= 11 is 1.15. The molecule has 0 unspecified atom stereocenters. The van der Waals surface area contributed by atoms with Crippen LogP contribution < -0.4 is 15.6 Å². The molecule has 0 spiro atoms. The molecule has 0 saturated carbocycles. The van der Waals surface area contributed by atoms with Crippen LogP contribution in [0.1, 0.15) is 6.92 Å². The predicted molar refractivity (Wildman–Crippen MR) is 116 cm³/mol. The summed E-state index contributed by atoms with van der Waals surface area (Å²) in [5, 5.41) is 11.1. The molecule has 0 atom stereocenters. The van der Waals surface area contributed by atoms with Crippen molar-refractivity contribution >= 4 is 29.0 Å². The molecule has 4 aromatic rings. The van der Waals surface area contributed by atoms with E-state index in [-0.39, 0.29) is 17.3 Å². The number of hydrogen-bond donors (Lipinski definition) is 1. The molecule has 31 heavy (non-hydrogen) atoms. The number of amides is 1. The molecule has 0 aliphatic heterocycles. The topological polar surface area (TPSA) is 90.5 Å². The van der Waals surface area contributed by atoms with E-state index in [9.17, 15) is 14.0 Å². The molecule has 2 aromatic carbocycles. The Morgan fingerprint density at radius 2 is 1.97 bits per heavy atom. The molecule has 0 aliphatic rings. The molecule has 0 radical (unpaired) electrons. The third-order valence-corrected chi connectivity index (χ3v) is 5.25. The number of carbonyl (C=O) groups is 1. The smallest absolute Gasteiger partial charge is 0.300 e. The number of thioether (sulfide) groups is 1. The van der Waals surface area contributed by atoms with Crippen molar-refractivity contribution < 1.29 is 13.9 Å². The Morgan fingerprint density at radius 1 is 1.16 bits per heavy atom. The number of hydrogen-bond acceptors (Lipinski definition) is 6. The Hall–Kier alpha value is -3.66. The Labute approximate surface area is 180 Å². The van der Waals surface area contributed by atoms with Crippen LogP contribution in [0.15, 0.2) is 70.9 Å². The van der Waals surface area contributed by atoms with E-state index in [0.717, 1.165) is 17.5 Å². The first-order chi connectivity index (χ1) is 15.0. The number of aromatic nitrogens is 4. The molecule has 2 aromatic heterocycles. The van der Waals surface area contributed by atoms with Gasteiger partial charge in [0.1, 0.15) is 11.6 Å². The molecule has 0 fully saturated rings. The van der Waals surface area contributed by atoms with Crippen LogP contribution in [0, 0.1) is 5.82 Å². The maximum atomic E-state index is 13.5. The van der Waals surface area contributed by atoms with Gasteiger partial charge in [0.05, 0.1) is 18.0 Å². The summed E-state index contributed by atoms with van der Waals surface area (Å²) in [7, 11) is 0. The number of ether oxygens (including phenoxy) is 1. The molecule has 8 nitrogen and oxygen atoms in total. The fourth-order valence-corrected chi connectivity index (χ4v) is 3.64. The highest BCUT2D eigenvalue weighted by Crippen LogP contribution is 2.19. The number of carbonyl (C=O) groups excluding carboxylic acids is 1. The second kappa shape index (κ2) is 9.00. The van der Waals surface area contributed by atoms with E-state index in [1.807, 2.05) is 6.92 Å². The van der Waals surface area contributed by atoms with Gasteiger partial charge in [0.15, 0.2) is 5.16 Å². The van der Waals surface area contributed by atoms with E-state index in [0.29, 0.717) is 23.1 Å². The average molecular weight is 439 g/mol. The number of benzene rings is 2. The van der Waals surface area contributed by atoms with Gasteiger partial charge in [-0.25, -0.2) is 4.39 Å². The van der Waals surface area contributed by atoms with Crippen molar-refractivity contribution in [3.05, 3.63) is 77.1 Å². The van der Waals surface area contributed by atoms with Crippen LogP contribution in [-0.2, 0) is 4.79 Å². The van der Waals surface area contributed by atoms with Gasteiger partial charge in [-0.2, -0.15) is 0 Å². The van der Waals surface area contributed by atoms with Gasteiger partial charge in [0.2, 0.25) is 11.6 Å². The normalized spacial score (nSPS) is 10.9. The molecule has 2 heterocycles. The van der Waals surface area contributed by atoms with Crippen LogP contribution in [-0.4, -0.2) is 37.4 Å². The zero-order valence-corrected chi connectivity index (χ0v) is 17.3. The largest absolute Gasteiger partial charge is 0.494 e. The van der Waals surface area contributed by atoms with Crippen LogP contribution in [0.5, 0.6) is 5.75 Å². The highest BCUT2D eigenvalue weighted by atomic mass is 32.2. The fourth-order valence-electron chi connectivity index (χ4n) is 2.92. The van der Waals surface area contributed by atoms with Gasteiger partial charge in [-0.05, 0) is 49.4 Å². The lowest BCUT2D eigenvalue weighted by Crippen LogP contribution is -2.20. The second-order valence-electron chi connectivity index (χ2n) is 6.42. The lowest BCUT2D eigenvalue weighted by Gasteiger charge is -2.07. The van der Waals surface area contributed by atoms with Crippen molar-refractivity contribution in [1.82, 2.24) is 19.2 Å². The molecule has 0 saturated heterocycles. The van der Waals surface area contributed by atoms with Crippen molar-refractivity contribution in [2.45, 2.75) is 12.1 Å². The van der Waals surface area contributed by atoms with Crippen molar-refractivity contribution in [3.63, 3.8) is 0 Å². The highest BCUT2D eigenvalue weighted by molar-refractivity contribution is 7.99. The first-order valence-corrected chi connectivity index (χ1v) is 10.4. The standard InChI is InChI=1S/C21H18FN5O3S/c1-2-30-17-8-6-15(7-9-17)23-18(28)13-31-21-25-24-19-20(29)26(10-11-27(19)21)16-5-3-4-14(22)12-16/h3-12H,2,13H2,1H3,(H,23,28). The van der Waals surface area contributed by atoms with Crippen LogP contribution in [0.4, 0.5) is 10.1 Å². The van der Waals surface area contributed by atoms with Gasteiger partial charge in [-0.1, -0.05) is 17.8 Å². The summed E-state index contributed by atoms with van der Waals surface area (Å²) in [5.74, 6) is 0.147. The molecule has 158 valence electrons. The molecular formula is C21H18FN5O3S. The maximum Gasteiger partial charge on any atom is 0.300 e. The van der Waals surface area contributed by atoms with Crippen LogP contribution in [0.25, 0.3) is 11.3 Å². The molecule has 1 N–H and O–H groups in total. The van der Waals surface area contributed by atoms with Gasteiger partial charge in [0.25, 0.3) is 0 Å². The lowest BCUT2D eigenvalue weighted by atomic mass is 10.3. The van der Waals surface area contributed by atoms with Crippen LogP contribution >= 0.6 is 11.8 Å². The highest BCUT2D eigenvalue weighted by Gasteiger charge is 2.14. The van der Waals surface area contributed by atoms with E-state index < -0.39 is 11.4 Å². The van der Waals surface area contributed by atoms with Crippen molar-refractivity contribution in [2.24, 2.45) is 0 Å². The number of rotatable bonds is 7. The molecule has 10 heteroatoms. The molecule has 0 aliphatic carbocycles. The van der Waals surface area contributed by atoms with E-state index in [1.54, 1.807) is 36.5 Å². The van der Waals surface area contributed by atoms with Crippen molar-refractivity contribution in [1.29, 1.82) is 0 Å². The molecule has 4 rings (SSSR count). The second-order valence-corrected chi connectivity index (χ2v) is 7.37. The monoisotopic (exact) mass is 439 g/mol. The summed E-state index contributed by atoms with van der Waals surface area (Å²) in [6, 6.07) is 12.8. The number of nitrogens with zero attached hydrogens (tertiary/aromatic N) is 4. The number of fused-ring (bicyclic) bond motifs is 1. The molecule has 1 amide bonds. The van der Waals surface area contributed by atoms with E-state index in [4.69, 9.17) is 4.74 Å². The van der Waals surface area contributed by atoms with Crippen molar-refractivity contribution in [2.75, 3.05) is 17.7 Å². The maximum absolute atomic E-state index is 13.5. The van der Waals surface area contributed by atoms with Gasteiger partial charge < -0.3 is 10.1 Å². The summed E-state index contributed by atoms with van der Waals surface area (Å²) in [4.78, 5) is 25.0. The quantitative estimate of drug-likeness (QED) is 0.445. The van der Waals surface area contributed by atoms with Gasteiger partial charge in [-0.15, -0.1) is 10.2 Å². The Bertz CT molecular complexity index is 1290. The lowest BCUT2D eigenvalue weighted by molar-refractivity contribution is -0.113. The Balaban J connectivity index is 1.46. The van der Waals surface area contributed by atoms with Crippen molar-refractivity contribution in [3.8, 4) is 11.4 Å². The molecule has 0 bridgehead atoms. The van der Waals surface area contributed by atoms with Gasteiger partial charge in [0, 0.05) is 18.1 Å². The van der Waals surface area contributed by atoms with Gasteiger partial charge in [-0.3, -0.25) is 18.6 Å².